The van der Waals surface area contributed by atoms with E-state index in [2.05, 4.69) is 11.3 Å². The molecule has 1 aliphatic rings. The van der Waals surface area contributed by atoms with Crippen molar-refractivity contribution in [2.75, 3.05) is 13.1 Å². The van der Waals surface area contributed by atoms with Crippen molar-refractivity contribution in [1.82, 2.24) is 9.62 Å². The highest BCUT2D eigenvalue weighted by Crippen LogP contribution is 2.30. The number of likely N-dealkylation sites (tertiary alicyclic amines) is 1. The SMILES string of the molecule is C=CCNS(=O)(=O)c1ccc(C(=O)N2CCCC2(C)C(=O)O)cc1. The van der Waals surface area contributed by atoms with Crippen molar-refractivity contribution in [3.63, 3.8) is 0 Å². The van der Waals surface area contributed by atoms with Gasteiger partial charge in [0.1, 0.15) is 5.54 Å². The van der Waals surface area contributed by atoms with Gasteiger partial charge in [0, 0.05) is 18.7 Å². The molecule has 0 spiro atoms. The highest BCUT2D eigenvalue weighted by molar-refractivity contribution is 7.89. The summed E-state index contributed by atoms with van der Waals surface area (Å²) in [5.74, 6) is -1.46. The molecule has 1 fully saturated rings. The number of nitrogens with one attached hydrogen (secondary N) is 1. The van der Waals surface area contributed by atoms with E-state index < -0.39 is 27.4 Å². The van der Waals surface area contributed by atoms with Crippen LogP contribution in [0.4, 0.5) is 0 Å². The maximum Gasteiger partial charge on any atom is 0.329 e. The van der Waals surface area contributed by atoms with Crippen LogP contribution in [-0.2, 0) is 14.8 Å². The number of nitrogens with zero attached hydrogens (tertiary/aromatic N) is 1. The van der Waals surface area contributed by atoms with Crippen LogP contribution in [0.15, 0.2) is 41.8 Å². The number of hydrogen-bond donors (Lipinski definition) is 2. The van der Waals surface area contributed by atoms with Gasteiger partial charge in [0.25, 0.3) is 5.91 Å². The second-order valence-corrected chi connectivity index (χ2v) is 7.57. The van der Waals surface area contributed by atoms with Crippen molar-refractivity contribution >= 4 is 21.9 Å². The van der Waals surface area contributed by atoms with E-state index in [9.17, 15) is 23.1 Å². The number of benzene rings is 1. The fourth-order valence-electron chi connectivity index (χ4n) is 2.70. The van der Waals surface area contributed by atoms with Gasteiger partial charge < -0.3 is 10.0 Å². The number of hydrogen-bond acceptors (Lipinski definition) is 4. The van der Waals surface area contributed by atoms with Gasteiger partial charge in [-0.25, -0.2) is 17.9 Å². The van der Waals surface area contributed by atoms with E-state index in [-0.39, 0.29) is 17.0 Å². The predicted molar refractivity (Wildman–Crippen MR) is 88.1 cm³/mol. The van der Waals surface area contributed by atoms with Crippen LogP contribution in [0.3, 0.4) is 0 Å². The lowest BCUT2D eigenvalue weighted by atomic mass is 9.98. The van der Waals surface area contributed by atoms with Crippen LogP contribution < -0.4 is 4.72 Å². The molecule has 0 radical (unpaired) electrons. The van der Waals surface area contributed by atoms with Gasteiger partial charge in [-0.3, -0.25) is 4.79 Å². The van der Waals surface area contributed by atoms with Gasteiger partial charge in [-0.15, -0.1) is 6.58 Å². The Morgan fingerprint density at radius 2 is 2.00 bits per heavy atom. The fraction of sp³-hybridized carbons (Fsp3) is 0.375. The van der Waals surface area contributed by atoms with Crippen LogP contribution in [0.1, 0.15) is 30.1 Å². The molecule has 130 valence electrons. The molecule has 0 aliphatic carbocycles. The molecular weight excluding hydrogens is 332 g/mol. The normalized spacial score (nSPS) is 20.8. The highest BCUT2D eigenvalue weighted by atomic mass is 32.2. The first-order chi connectivity index (χ1) is 11.2. The summed E-state index contributed by atoms with van der Waals surface area (Å²) in [5, 5.41) is 9.38. The molecule has 24 heavy (non-hydrogen) atoms. The summed E-state index contributed by atoms with van der Waals surface area (Å²) in [6, 6.07) is 5.44. The maximum atomic E-state index is 12.6. The smallest absolute Gasteiger partial charge is 0.329 e. The quantitative estimate of drug-likeness (QED) is 0.750. The lowest BCUT2D eigenvalue weighted by Crippen LogP contribution is -2.50. The van der Waals surface area contributed by atoms with Crippen LogP contribution in [0.2, 0.25) is 0 Å². The number of sulfonamides is 1. The Bertz CT molecular complexity index is 757. The Morgan fingerprint density at radius 3 is 2.54 bits per heavy atom. The Morgan fingerprint density at radius 1 is 1.38 bits per heavy atom. The molecule has 1 aliphatic heterocycles. The molecule has 0 bridgehead atoms. The number of amides is 1. The Hall–Kier alpha value is -2.19. The molecule has 2 N–H and O–H groups in total. The first-order valence-corrected chi connectivity index (χ1v) is 8.97. The minimum atomic E-state index is -3.66. The van der Waals surface area contributed by atoms with E-state index in [1.807, 2.05) is 0 Å². The standard InChI is InChI=1S/C16H20N2O5S/c1-3-10-17-24(22,23)13-7-5-12(6-8-13)14(19)18-11-4-9-16(18,2)15(20)21/h3,5-8,17H,1,4,9-11H2,2H3,(H,20,21). The Labute approximate surface area is 141 Å². The van der Waals surface area contributed by atoms with E-state index in [0.29, 0.717) is 19.4 Å². The average molecular weight is 352 g/mol. The van der Waals surface area contributed by atoms with Gasteiger partial charge >= 0.3 is 5.97 Å². The molecule has 1 heterocycles. The molecule has 1 amide bonds. The van der Waals surface area contributed by atoms with Gasteiger partial charge in [0.05, 0.1) is 4.90 Å². The molecule has 1 unspecified atom stereocenters. The molecule has 2 rings (SSSR count). The summed E-state index contributed by atoms with van der Waals surface area (Å²) in [6.07, 6.45) is 2.44. The predicted octanol–water partition coefficient (Wildman–Crippen LogP) is 1.23. The van der Waals surface area contributed by atoms with E-state index in [4.69, 9.17) is 0 Å². The summed E-state index contributed by atoms with van der Waals surface area (Å²) >= 11 is 0. The third-order valence-corrected chi connectivity index (χ3v) is 5.62. The zero-order valence-electron chi connectivity index (χ0n) is 13.4. The number of aliphatic carboxylic acids is 1. The Kier molecular flexibility index (Phi) is 5.10. The van der Waals surface area contributed by atoms with Crippen molar-refractivity contribution in [3.8, 4) is 0 Å². The number of carboxylic acid groups (broad SMARTS) is 1. The largest absolute Gasteiger partial charge is 0.480 e. The third-order valence-electron chi connectivity index (χ3n) is 4.18. The first kappa shape index (κ1) is 18.2. The highest BCUT2D eigenvalue weighted by Gasteiger charge is 2.46. The molecule has 1 atom stereocenters. The molecular formula is C16H20N2O5S. The van der Waals surface area contributed by atoms with E-state index in [1.54, 1.807) is 0 Å². The Balaban J connectivity index is 2.23. The van der Waals surface area contributed by atoms with Crippen molar-refractivity contribution in [1.29, 1.82) is 0 Å². The minimum Gasteiger partial charge on any atom is -0.480 e. The number of rotatable bonds is 6. The summed E-state index contributed by atoms with van der Waals surface area (Å²) in [7, 11) is -3.66. The van der Waals surface area contributed by atoms with E-state index in [1.165, 1.54) is 42.2 Å². The average Bonchev–Trinajstić information content (AvgIpc) is 2.96. The number of carbonyl (C=O) groups excluding carboxylic acids is 1. The fourth-order valence-corrected chi connectivity index (χ4v) is 3.69. The first-order valence-electron chi connectivity index (χ1n) is 7.48. The summed E-state index contributed by atoms with van der Waals surface area (Å²) in [5.41, 5.74) is -0.972. The molecule has 0 aromatic heterocycles. The summed E-state index contributed by atoms with van der Waals surface area (Å²) in [6.45, 7) is 5.44. The van der Waals surface area contributed by atoms with Crippen LogP contribution in [0.25, 0.3) is 0 Å². The molecule has 1 saturated heterocycles. The summed E-state index contributed by atoms with van der Waals surface area (Å²) in [4.78, 5) is 25.4. The van der Waals surface area contributed by atoms with Crippen molar-refractivity contribution < 1.29 is 23.1 Å². The van der Waals surface area contributed by atoms with Crippen LogP contribution >= 0.6 is 0 Å². The molecule has 1 aromatic carbocycles. The number of carboxylic acids is 1. The van der Waals surface area contributed by atoms with Gasteiger partial charge in [0.2, 0.25) is 10.0 Å². The monoisotopic (exact) mass is 352 g/mol. The topological polar surface area (TPSA) is 104 Å². The van der Waals surface area contributed by atoms with Gasteiger partial charge in [-0.2, -0.15) is 0 Å². The molecule has 1 aromatic rings. The third kappa shape index (κ3) is 3.34. The summed E-state index contributed by atoms with van der Waals surface area (Å²) < 4.78 is 26.3. The van der Waals surface area contributed by atoms with Crippen LogP contribution in [0.5, 0.6) is 0 Å². The molecule has 0 saturated carbocycles. The lowest BCUT2D eigenvalue weighted by Gasteiger charge is -2.31. The minimum absolute atomic E-state index is 0.0309. The second-order valence-electron chi connectivity index (χ2n) is 5.80. The van der Waals surface area contributed by atoms with Crippen molar-refractivity contribution in [3.05, 3.63) is 42.5 Å². The second kappa shape index (κ2) is 6.74. The van der Waals surface area contributed by atoms with Crippen LogP contribution in [-0.4, -0.2) is 48.9 Å². The van der Waals surface area contributed by atoms with E-state index in [0.717, 1.165) is 0 Å². The van der Waals surface area contributed by atoms with Gasteiger partial charge in [0.15, 0.2) is 0 Å². The molecule has 8 heteroatoms. The van der Waals surface area contributed by atoms with Crippen LogP contribution in [0, 0.1) is 0 Å². The number of carbonyl (C=O) groups is 2. The van der Waals surface area contributed by atoms with Crippen molar-refractivity contribution in [2.24, 2.45) is 0 Å². The zero-order chi connectivity index (χ0) is 18.0. The van der Waals surface area contributed by atoms with Gasteiger partial charge in [-0.05, 0) is 44.0 Å². The lowest BCUT2D eigenvalue weighted by molar-refractivity contribution is -0.147. The van der Waals surface area contributed by atoms with E-state index >= 15 is 0 Å². The van der Waals surface area contributed by atoms with Gasteiger partial charge in [-0.1, -0.05) is 6.08 Å². The molecule has 7 nitrogen and oxygen atoms in total. The zero-order valence-corrected chi connectivity index (χ0v) is 14.2. The maximum absolute atomic E-state index is 12.6. The van der Waals surface area contributed by atoms with Crippen molar-refractivity contribution in [2.45, 2.75) is 30.2 Å².